The molecular formula is C7H17NO4. The fourth-order valence-electron chi connectivity index (χ4n) is 0.786. The van der Waals surface area contributed by atoms with Crippen LogP contribution in [-0.2, 0) is 9.68 Å². The highest BCUT2D eigenvalue weighted by molar-refractivity contribution is 4.37. The van der Waals surface area contributed by atoms with Gasteiger partial charge in [0.1, 0.15) is 0 Å². The fraction of sp³-hybridized carbons (Fsp3) is 1.00. The second-order valence-electron chi connectivity index (χ2n) is 2.28. The van der Waals surface area contributed by atoms with Crippen LogP contribution in [0.2, 0.25) is 0 Å². The molecule has 0 saturated heterocycles. The number of nitrogens with zero attached hydrogens (tertiary/aromatic N) is 1. The number of aliphatic hydroxyl groups excluding tert-OH is 2. The smallest absolute Gasteiger partial charge is 0.166 e. The van der Waals surface area contributed by atoms with Crippen LogP contribution < -0.4 is 0 Å². The minimum atomic E-state index is -0.438. The van der Waals surface area contributed by atoms with Crippen molar-refractivity contribution >= 4 is 0 Å². The number of unbranched alkanes of at least 4 members (excludes halogenated alkanes) is 2. The highest BCUT2D eigenvalue weighted by atomic mass is 17.0. The van der Waals surface area contributed by atoms with Gasteiger partial charge in [-0.3, -0.25) is 0 Å². The van der Waals surface area contributed by atoms with Crippen LogP contribution in [0.15, 0.2) is 0 Å². The van der Waals surface area contributed by atoms with Crippen molar-refractivity contribution in [1.82, 2.24) is 5.23 Å². The fourth-order valence-corrected chi connectivity index (χ4v) is 0.786. The van der Waals surface area contributed by atoms with Crippen molar-refractivity contribution in [3.63, 3.8) is 0 Å². The SMILES string of the molecule is CCCCCN(OCO)OCO. The Morgan fingerprint density at radius 1 is 1.08 bits per heavy atom. The lowest BCUT2D eigenvalue weighted by atomic mass is 10.2. The van der Waals surface area contributed by atoms with Crippen molar-refractivity contribution in [3.05, 3.63) is 0 Å². The molecule has 0 rings (SSSR count). The summed E-state index contributed by atoms with van der Waals surface area (Å²) in [5.74, 6) is 0. The first kappa shape index (κ1) is 11.8. The zero-order chi connectivity index (χ0) is 9.23. The van der Waals surface area contributed by atoms with Gasteiger partial charge in [0.25, 0.3) is 0 Å². The lowest BCUT2D eigenvalue weighted by Gasteiger charge is -2.17. The normalized spacial score (nSPS) is 11.0. The average molecular weight is 179 g/mol. The molecule has 5 heteroatoms. The number of hydrogen-bond acceptors (Lipinski definition) is 5. The third-order valence-electron chi connectivity index (χ3n) is 1.35. The summed E-state index contributed by atoms with van der Waals surface area (Å²) in [7, 11) is 0. The van der Waals surface area contributed by atoms with Gasteiger partial charge in [0, 0.05) is 0 Å². The molecule has 0 aliphatic heterocycles. The van der Waals surface area contributed by atoms with Crippen molar-refractivity contribution in [2.24, 2.45) is 0 Å². The van der Waals surface area contributed by atoms with Gasteiger partial charge < -0.3 is 10.2 Å². The van der Waals surface area contributed by atoms with Crippen LogP contribution in [-0.4, -0.2) is 35.6 Å². The third kappa shape index (κ3) is 6.51. The topological polar surface area (TPSA) is 62.2 Å². The monoisotopic (exact) mass is 179 g/mol. The van der Waals surface area contributed by atoms with Crippen molar-refractivity contribution in [2.75, 3.05) is 20.1 Å². The summed E-state index contributed by atoms with van der Waals surface area (Å²) >= 11 is 0. The molecule has 0 bridgehead atoms. The predicted molar refractivity (Wildman–Crippen MR) is 42.6 cm³/mol. The van der Waals surface area contributed by atoms with Gasteiger partial charge in [-0.05, 0) is 6.42 Å². The minimum absolute atomic E-state index is 0.438. The van der Waals surface area contributed by atoms with Crippen molar-refractivity contribution in [2.45, 2.75) is 26.2 Å². The summed E-state index contributed by atoms with van der Waals surface area (Å²) in [6.07, 6.45) is 3.09. The van der Waals surface area contributed by atoms with E-state index in [-0.39, 0.29) is 0 Å². The Morgan fingerprint density at radius 3 is 2.08 bits per heavy atom. The van der Waals surface area contributed by atoms with Crippen LogP contribution in [0.1, 0.15) is 26.2 Å². The molecule has 0 radical (unpaired) electrons. The molecule has 0 spiro atoms. The molecule has 2 N–H and O–H groups in total. The lowest BCUT2D eigenvalue weighted by Crippen LogP contribution is -2.26. The van der Waals surface area contributed by atoms with E-state index in [0.717, 1.165) is 24.5 Å². The standard InChI is InChI=1S/C7H17NO4/c1-2-3-4-5-8(11-6-9)12-7-10/h9-10H,2-7H2,1H3. The van der Waals surface area contributed by atoms with Crippen molar-refractivity contribution < 1.29 is 19.9 Å². The average Bonchev–Trinajstić information content (AvgIpc) is 2.06. The number of rotatable bonds is 8. The molecule has 0 atom stereocenters. The van der Waals surface area contributed by atoms with E-state index in [0.29, 0.717) is 6.54 Å². The van der Waals surface area contributed by atoms with Gasteiger partial charge in [-0.1, -0.05) is 25.0 Å². The van der Waals surface area contributed by atoms with Gasteiger partial charge in [-0.2, -0.15) is 0 Å². The molecule has 74 valence electrons. The first-order chi connectivity index (χ1) is 5.85. The van der Waals surface area contributed by atoms with Crippen LogP contribution in [0.25, 0.3) is 0 Å². The number of hydrogen-bond donors (Lipinski definition) is 2. The molecule has 0 aliphatic carbocycles. The molecule has 0 aromatic carbocycles. The van der Waals surface area contributed by atoms with Gasteiger partial charge in [0.05, 0.1) is 6.54 Å². The lowest BCUT2D eigenvalue weighted by molar-refractivity contribution is -0.404. The second kappa shape index (κ2) is 8.89. The van der Waals surface area contributed by atoms with Crippen LogP contribution in [0, 0.1) is 0 Å². The Morgan fingerprint density at radius 2 is 1.67 bits per heavy atom. The Balaban J connectivity index is 3.34. The Labute approximate surface area is 72.4 Å². The summed E-state index contributed by atoms with van der Waals surface area (Å²) in [4.78, 5) is 9.27. The van der Waals surface area contributed by atoms with Crippen LogP contribution in [0.4, 0.5) is 0 Å². The van der Waals surface area contributed by atoms with Gasteiger partial charge in [0.15, 0.2) is 13.6 Å². The quantitative estimate of drug-likeness (QED) is 0.317. The van der Waals surface area contributed by atoms with E-state index in [2.05, 4.69) is 16.6 Å². The number of hydroxylamine groups is 2. The highest BCUT2D eigenvalue weighted by Crippen LogP contribution is 1.99. The molecule has 0 amide bonds. The van der Waals surface area contributed by atoms with E-state index in [4.69, 9.17) is 10.2 Å². The summed E-state index contributed by atoms with van der Waals surface area (Å²) < 4.78 is 0. The molecule has 0 heterocycles. The third-order valence-corrected chi connectivity index (χ3v) is 1.35. The van der Waals surface area contributed by atoms with E-state index in [1.165, 1.54) is 0 Å². The minimum Gasteiger partial charge on any atom is -0.369 e. The van der Waals surface area contributed by atoms with Crippen LogP contribution in [0.3, 0.4) is 0 Å². The summed E-state index contributed by atoms with van der Waals surface area (Å²) in [6.45, 7) is 1.76. The molecule has 0 aliphatic rings. The largest absolute Gasteiger partial charge is 0.369 e. The zero-order valence-electron chi connectivity index (χ0n) is 7.40. The molecule has 0 saturated carbocycles. The molecule has 0 fully saturated rings. The van der Waals surface area contributed by atoms with Crippen LogP contribution in [0.5, 0.6) is 0 Å². The molecule has 0 unspecified atom stereocenters. The first-order valence-corrected chi connectivity index (χ1v) is 4.10. The molecule has 12 heavy (non-hydrogen) atoms. The molecule has 5 nitrogen and oxygen atoms in total. The summed E-state index contributed by atoms with van der Waals surface area (Å²) in [5.41, 5.74) is 0. The Hall–Kier alpha value is -0.200. The van der Waals surface area contributed by atoms with Crippen molar-refractivity contribution in [1.29, 1.82) is 0 Å². The van der Waals surface area contributed by atoms with E-state index < -0.39 is 13.6 Å². The number of aliphatic hydroxyl groups is 2. The highest BCUT2D eigenvalue weighted by Gasteiger charge is 2.03. The van der Waals surface area contributed by atoms with Gasteiger partial charge in [-0.25, -0.2) is 9.68 Å². The molecule has 0 aromatic rings. The maximum atomic E-state index is 8.39. The van der Waals surface area contributed by atoms with E-state index in [1.807, 2.05) is 0 Å². The molecular weight excluding hydrogens is 162 g/mol. The van der Waals surface area contributed by atoms with E-state index >= 15 is 0 Å². The molecule has 0 aromatic heterocycles. The van der Waals surface area contributed by atoms with Gasteiger partial charge in [0.2, 0.25) is 0 Å². The Bertz CT molecular complexity index is 85.5. The summed E-state index contributed by atoms with van der Waals surface area (Å²) in [6, 6.07) is 0. The van der Waals surface area contributed by atoms with Gasteiger partial charge in [-0.15, -0.1) is 0 Å². The zero-order valence-corrected chi connectivity index (χ0v) is 7.40. The maximum absolute atomic E-state index is 8.39. The maximum Gasteiger partial charge on any atom is 0.166 e. The Kier molecular flexibility index (Phi) is 8.74. The van der Waals surface area contributed by atoms with Gasteiger partial charge >= 0.3 is 0 Å². The van der Waals surface area contributed by atoms with E-state index in [1.54, 1.807) is 0 Å². The van der Waals surface area contributed by atoms with Crippen LogP contribution >= 0.6 is 0 Å². The summed E-state index contributed by atoms with van der Waals surface area (Å²) in [5, 5.41) is 17.9. The van der Waals surface area contributed by atoms with Crippen molar-refractivity contribution in [3.8, 4) is 0 Å². The van der Waals surface area contributed by atoms with E-state index in [9.17, 15) is 0 Å². The second-order valence-corrected chi connectivity index (χ2v) is 2.28. The first-order valence-electron chi connectivity index (χ1n) is 4.10. The predicted octanol–water partition coefficient (Wildman–Crippen LogP) is 0.241.